The van der Waals surface area contributed by atoms with Gasteiger partial charge in [-0.15, -0.1) is 12.4 Å². The number of H-pyrrole nitrogens is 1. The Morgan fingerprint density at radius 1 is 1.26 bits per heavy atom. The van der Waals surface area contributed by atoms with Crippen molar-refractivity contribution in [2.75, 3.05) is 13.1 Å². The lowest BCUT2D eigenvalue weighted by Gasteiger charge is -2.26. The summed E-state index contributed by atoms with van der Waals surface area (Å²) in [7, 11) is 0. The quantitative estimate of drug-likeness (QED) is 0.735. The number of fused-ring (bicyclic) bond motifs is 1. The van der Waals surface area contributed by atoms with Crippen LogP contribution in [0.25, 0.3) is 0 Å². The Hall–Kier alpha value is -2.06. The van der Waals surface area contributed by atoms with Crippen molar-refractivity contribution >= 4 is 18.3 Å². The second-order valence-corrected chi connectivity index (χ2v) is 7.10. The molecule has 1 aromatic heterocycles. The SMILES string of the molecule is CC(C)(CNC(=O)c1n[nH]c2c1CNCC2)c1cccc(C(F)(F)F)c1.Cl. The fourth-order valence-corrected chi connectivity index (χ4v) is 3.02. The van der Waals surface area contributed by atoms with Crippen LogP contribution in [-0.4, -0.2) is 29.2 Å². The number of hydrogen-bond donors (Lipinski definition) is 3. The molecule has 2 heterocycles. The van der Waals surface area contributed by atoms with Crippen LogP contribution in [0.15, 0.2) is 24.3 Å². The number of alkyl halides is 3. The van der Waals surface area contributed by atoms with Crippen LogP contribution in [0.3, 0.4) is 0 Å². The molecular weight excluding hydrogens is 381 g/mol. The van der Waals surface area contributed by atoms with Gasteiger partial charge in [0.15, 0.2) is 5.69 Å². The van der Waals surface area contributed by atoms with E-state index in [1.807, 2.05) is 0 Å². The highest BCUT2D eigenvalue weighted by Gasteiger charge is 2.32. The van der Waals surface area contributed by atoms with Crippen LogP contribution in [0.1, 0.15) is 46.7 Å². The summed E-state index contributed by atoms with van der Waals surface area (Å²) in [4.78, 5) is 12.5. The van der Waals surface area contributed by atoms with Gasteiger partial charge in [-0.1, -0.05) is 32.0 Å². The van der Waals surface area contributed by atoms with E-state index in [2.05, 4.69) is 20.8 Å². The largest absolute Gasteiger partial charge is 0.416 e. The van der Waals surface area contributed by atoms with Crippen LogP contribution >= 0.6 is 12.4 Å². The molecule has 0 atom stereocenters. The monoisotopic (exact) mass is 402 g/mol. The van der Waals surface area contributed by atoms with E-state index < -0.39 is 17.2 Å². The lowest BCUT2D eigenvalue weighted by molar-refractivity contribution is -0.137. The molecule has 0 unspecified atom stereocenters. The van der Waals surface area contributed by atoms with Gasteiger partial charge in [-0.2, -0.15) is 18.3 Å². The summed E-state index contributed by atoms with van der Waals surface area (Å²) >= 11 is 0. The summed E-state index contributed by atoms with van der Waals surface area (Å²) in [5.41, 5.74) is 1.30. The van der Waals surface area contributed by atoms with E-state index in [0.29, 0.717) is 17.8 Å². The van der Waals surface area contributed by atoms with Crippen molar-refractivity contribution in [1.29, 1.82) is 0 Å². The Morgan fingerprint density at radius 3 is 2.67 bits per heavy atom. The molecule has 5 nitrogen and oxygen atoms in total. The van der Waals surface area contributed by atoms with Gasteiger partial charge in [0.05, 0.1) is 5.56 Å². The number of amides is 1. The second-order valence-electron chi connectivity index (χ2n) is 7.10. The number of carbonyl (C=O) groups is 1. The average Bonchev–Trinajstić information content (AvgIpc) is 3.03. The van der Waals surface area contributed by atoms with Crippen molar-refractivity contribution in [2.45, 2.75) is 38.4 Å². The topological polar surface area (TPSA) is 69.8 Å². The molecule has 0 bridgehead atoms. The first-order chi connectivity index (χ1) is 12.2. The lowest BCUT2D eigenvalue weighted by atomic mass is 9.83. The Bertz CT molecular complexity index is 817. The average molecular weight is 403 g/mol. The molecule has 27 heavy (non-hydrogen) atoms. The minimum absolute atomic E-state index is 0. The highest BCUT2D eigenvalue weighted by molar-refractivity contribution is 5.94. The van der Waals surface area contributed by atoms with E-state index in [-0.39, 0.29) is 24.9 Å². The summed E-state index contributed by atoms with van der Waals surface area (Å²) in [6, 6.07) is 5.20. The number of halogens is 4. The Kier molecular flexibility index (Phi) is 6.21. The first-order valence-electron chi connectivity index (χ1n) is 8.41. The fraction of sp³-hybridized carbons (Fsp3) is 0.444. The molecule has 1 aromatic carbocycles. The number of hydrogen-bond acceptors (Lipinski definition) is 3. The predicted octanol–water partition coefficient (Wildman–Crippen LogP) is 3.20. The third kappa shape index (κ3) is 4.62. The maximum Gasteiger partial charge on any atom is 0.416 e. The first-order valence-corrected chi connectivity index (χ1v) is 8.41. The van der Waals surface area contributed by atoms with Gasteiger partial charge in [0, 0.05) is 42.7 Å². The molecule has 148 valence electrons. The van der Waals surface area contributed by atoms with Crippen LogP contribution in [0.4, 0.5) is 13.2 Å². The Balaban J connectivity index is 0.00000261. The van der Waals surface area contributed by atoms with Crippen LogP contribution in [0.2, 0.25) is 0 Å². The van der Waals surface area contributed by atoms with Gasteiger partial charge in [0.1, 0.15) is 0 Å². The molecule has 9 heteroatoms. The minimum Gasteiger partial charge on any atom is -0.350 e. The van der Waals surface area contributed by atoms with Crippen LogP contribution in [0.5, 0.6) is 0 Å². The molecule has 0 saturated carbocycles. The summed E-state index contributed by atoms with van der Waals surface area (Å²) in [5, 5.41) is 13.0. The van der Waals surface area contributed by atoms with Crippen molar-refractivity contribution in [3.8, 4) is 0 Å². The maximum atomic E-state index is 12.9. The third-order valence-electron chi connectivity index (χ3n) is 4.68. The number of aromatic nitrogens is 2. The molecular formula is C18H22ClF3N4O. The zero-order valence-corrected chi connectivity index (χ0v) is 15.9. The van der Waals surface area contributed by atoms with E-state index in [0.717, 1.165) is 36.4 Å². The smallest absolute Gasteiger partial charge is 0.350 e. The Morgan fingerprint density at radius 2 is 1.96 bits per heavy atom. The fourth-order valence-electron chi connectivity index (χ4n) is 3.02. The highest BCUT2D eigenvalue weighted by Crippen LogP contribution is 2.32. The van der Waals surface area contributed by atoms with Crippen molar-refractivity contribution in [3.63, 3.8) is 0 Å². The van der Waals surface area contributed by atoms with E-state index in [4.69, 9.17) is 0 Å². The molecule has 1 amide bonds. The van der Waals surface area contributed by atoms with Crippen LogP contribution in [-0.2, 0) is 24.6 Å². The summed E-state index contributed by atoms with van der Waals surface area (Å²) in [5.74, 6) is -0.328. The highest BCUT2D eigenvalue weighted by atomic mass is 35.5. The van der Waals surface area contributed by atoms with Gasteiger partial charge in [0.25, 0.3) is 5.91 Å². The molecule has 0 saturated heterocycles. The number of rotatable bonds is 4. The van der Waals surface area contributed by atoms with Gasteiger partial charge < -0.3 is 10.6 Å². The van der Waals surface area contributed by atoms with Gasteiger partial charge in [0.2, 0.25) is 0 Å². The Labute approximate surface area is 161 Å². The molecule has 1 aliphatic rings. The molecule has 0 aliphatic carbocycles. The summed E-state index contributed by atoms with van der Waals surface area (Å²) in [6.45, 7) is 5.20. The second kappa shape index (κ2) is 7.90. The van der Waals surface area contributed by atoms with E-state index in [1.165, 1.54) is 6.07 Å². The number of nitrogens with one attached hydrogen (secondary N) is 3. The van der Waals surface area contributed by atoms with E-state index in [1.54, 1.807) is 19.9 Å². The van der Waals surface area contributed by atoms with Gasteiger partial charge in [-0.05, 0) is 11.6 Å². The first kappa shape index (κ1) is 21.2. The van der Waals surface area contributed by atoms with Gasteiger partial charge in [-0.3, -0.25) is 9.89 Å². The number of carbonyl (C=O) groups excluding carboxylic acids is 1. The normalized spacial score (nSPS) is 14.3. The molecule has 3 rings (SSSR count). The third-order valence-corrected chi connectivity index (χ3v) is 4.68. The maximum absolute atomic E-state index is 12.9. The van der Waals surface area contributed by atoms with Crippen molar-refractivity contribution in [1.82, 2.24) is 20.8 Å². The van der Waals surface area contributed by atoms with Crippen LogP contribution < -0.4 is 10.6 Å². The number of benzene rings is 1. The van der Waals surface area contributed by atoms with Crippen LogP contribution in [0, 0.1) is 0 Å². The molecule has 0 radical (unpaired) electrons. The zero-order chi connectivity index (χ0) is 18.9. The number of nitrogens with zero attached hydrogens (tertiary/aromatic N) is 1. The molecule has 0 spiro atoms. The number of aromatic amines is 1. The van der Waals surface area contributed by atoms with Crippen molar-refractivity contribution in [3.05, 3.63) is 52.3 Å². The molecule has 0 fully saturated rings. The van der Waals surface area contributed by atoms with Crippen molar-refractivity contribution < 1.29 is 18.0 Å². The van der Waals surface area contributed by atoms with E-state index in [9.17, 15) is 18.0 Å². The molecule has 1 aliphatic heterocycles. The van der Waals surface area contributed by atoms with Gasteiger partial charge in [-0.25, -0.2) is 0 Å². The zero-order valence-electron chi connectivity index (χ0n) is 15.0. The predicted molar refractivity (Wildman–Crippen MR) is 98.0 cm³/mol. The minimum atomic E-state index is -4.39. The molecule has 3 N–H and O–H groups in total. The van der Waals surface area contributed by atoms with E-state index >= 15 is 0 Å². The summed E-state index contributed by atoms with van der Waals surface area (Å²) < 4.78 is 38.8. The van der Waals surface area contributed by atoms with Crippen molar-refractivity contribution in [2.24, 2.45) is 0 Å². The lowest BCUT2D eigenvalue weighted by Crippen LogP contribution is -2.37. The summed E-state index contributed by atoms with van der Waals surface area (Å²) in [6.07, 6.45) is -3.61. The van der Waals surface area contributed by atoms with Gasteiger partial charge >= 0.3 is 6.18 Å². The standard InChI is InChI=1S/C18H21F3N4O.ClH/c1-17(2,11-4-3-5-12(8-11)18(19,20)21)10-23-16(26)15-13-9-22-7-6-14(13)24-25-15;/h3-5,8,22H,6-7,9-10H2,1-2H3,(H,23,26)(H,24,25);1H. The molecule has 2 aromatic rings.